The van der Waals surface area contributed by atoms with Crippen LogP contribution in [0.15, 0.2) is 42.5 Å². The van der Waals surface area contributed by atoms with Gasteiger partial charge in [-0.3, -0.25) is 19.2 Å². The van der Waals surface area contributed by atoms with Crippen LogP contribution in [0.5, 0.6) is 0 Å². The molecule has 0 amide bonds. The summed E-state index contributed by atoms with van der Waals surface area (Å²) < 4.78 is 21.2. The maximum atomic E-state index is 13.0. The average molecular weight is 609 g/mol. The third-order valence-corrected chi connectivity index (χ3v) is 7.43. The van der Waals surface area contributed by atoms with Crippen LogP contribution in [0.1, 0.15) is 128 Å². The molecular weight excluding hydrogens is 564 g/mol. The van der Waals surface area contributed by atoms with Crippen molar-refractivity contribution in [3.8, 4) is 0 Å². The van der Waals surface area contributed by atoms with Crippen LogP contribution in [0.4, 0.5) is 4.79 Å². The van der Waals surface area contributed by atoms with Gasteiger partial charge in [-0.05, 0) is 30.5 Å². The molecule has 0 fully saturated rings. The van der Waals surface area contributed by atoms with Gasteiger partial charge in [0, 0.05) is 35.1 Å². The SMILES string of the molecule is CCCCCCCC(=O)OCC(COC(=O)OCc1ccc2c(c1)C(=O)c1ccccc1C2=O)OC(=O)CCCCCCC. The third-order valence-electron chi connectivity index (χ3n) is 7.43. The summed E-state index contributed by atoms with van der Waals surface area (Å²) in [7, 11) is 0. The maximum Gasteiger partial charge on any atom is 0.508 e. The van der Waals surface area contributed by atoms with Crippen LogP contribution in [0.2, 0.25) is 0 Å². The van der Waals surface area contributed by atoms with E-state index in [0.717, 1.165) is 57.8 Å². The lowest BCUT2D eigenvalue weighted by Gasteiger charge is -2.19. The Kier molecular flexibility index (Phi) is 14.6. The predicted octanol–water partition coefficient (Wildman–Crippen LogP) is 7.29. The number of carbonyl (C=O) groups is 5. The summed E-state index contributed by atoms with van der Waals surface area (Å²) in [5.74, 6) is -1.35. The summed E-state index contributed by atoms with van der Waals surface area (Å²) in [5.41, 5.74) is 1.74. The number of unbranched alkanes of at least 4 members (excludes halogenated alkanes) is 8. The van der Waals surface area contributed by atoms with Gasteiger partial charge in [0.1, 0.15) is 19.8 Å². The van der Waals surface area contributed by atoms with Gasteiger partial charge in [0.2, 0.25) is 0 Å². The molecule has 44 heavy (non-hydrogen) atoms. The lowest BCUT2D eigenvalue weighted by atomic mass is 9.83. The smallest absolute Gasteiger partial charge is 0.462 e. The Bertz CT molecular complexity index is 1280. The molecule has 0 aliphatic heterocycles. The monoisotopic (exact) mass is 608 g/mol. The first-order valence-corrected chi connectivity index (χ1v) is 15.8. The Balaban J connectivity index is 1.50. The van der Waals surface area contributed by atoms with Crippen molar-refractivity contribution in [1.82, 2.24) is 0 Å². The second-order valence-corrected chi connectivity index (χ2v) is 11.1. The number of hydrogen-bond donors (Lipinski definition) is 0. The second-order valence-electron chi connectivity index (χ2n) is 11.1. The number of esters is 2. The van der Waals surface area contributed by atoms with Gasteiger partial charge in [0.15, 0.2) is 17.7 Å². The highest BCUT2D eigenvalue weighted by molar-refractivity contribution is 6.28. The predicted molar refractivity (Wildman–Crippen MR) is 163 cm³/mol. The van der Waals surface area contributed by atoms with Crippen molar-refractivity contribution in [3.05, 3.63) is 70.3 Å². The molecule has 238 valence electrons. The maximum absolute atomic E-state index is 13.0. The molecule has 0 aromatic heterocycles. The van der Waals surface area contributed by atoms with E-state index in [0.29, 0.717) is 28.7 Å². The van der Waals surface area contributed by atoms with Crippen LogP contribution in [-0.2, 0) is 35.1 Å². The van der Waals surface area contributed by atoms with E-state index in [9.17, 15) is 24.0 Å². The van der Waals surface area contributed by atoms with E-state index in [1.54, 1.807) is 36.4 Å². The van der Waals surface area contributed by atoms with E-state index in [-0.39, 0.29) is 49.8 Å². The van der Waals surface area contributed by atoms with Crippen LogP contribution in [0, 0.1) is 0 Å². The fourth-order valence-corrected chi connectivity index (χ4v) is 4.95. The Morgan fingerprint density at radius 3 is 1.80 bits per heavy atom. The largest absolute Gasteiger partial charge is 0.508 e. The van der Waals surface area contributed by atoms with E-state index in [4.69, 9.17) is 18.9 Å². The molecule has 2 aromatic rings. The Morgan fingerprint density at radius 2 is 1.16 bits per heavy atom. The molecule has 1 atom stereocenters. The highest BCUT2D eigenvalue weighted by Crippen LogP contribution is 2.28. The normalized spacial score (nSPS) is 12.6. The van der Waals surface area contributed by atoms with E-state index in [1.165, 1.54) is 6.07 Å². The topological polar surface area (TPSA) is 122 Å². The van der Waals surface area contributed by atoms with Gasteiger partial charge in [-0.15, -0.1) is 0 Å². The number of carbonyl (C=O) groups excluding carboxylic acids is 5. The number of hydrogen-bond acceptors (Lipinski definition) is 9. The summed E-state index contributed by atoms with van der Waals surface area (Å²) in [6, 6.07) is 11.3. The highest BCUT2D eigenvalue weighted by Gasteiger charge is 2.29. The van der Waals surface area contributed by atoms with Crippen molar-refractivity contribution in [1.29, 1.82) is 0 Å². The minimum absolute atomic E-state index is 0.204. The number of benzene rings is 2. The summed E-state index contributed by atoms with van der Waals surface area (Å²) >= 11 is 0. The van der Waals surface area contributed by atoms with Crippen molar-refractivity contribution >= 4 is 29.7 Å². The number of fused-ring (bicyclic) bond motifs is 2. The van der Waals surface area contributed by atoms with Crippen molar-refractivity contribution in [2.24, 2.45) is 0 Å². The molecule has 0 saturated carbocycles. The van der Waals surface area contributed by atoms with Gasteiger partial charge >= 0.3 is 18.1 Å². The molecule has 0 N–H and O–H groups in total. The van der Waals surface area contributed by atoms with Crippen LogP contribution in [0.25, 0.3) is 0 Å². The lowest BCUT2D eigenvalue weighted by Crippen LogP contribution is -2.31. The van der Waals surface area contributed by atoms with Crippen LogP contribution < -0.4 is 0 Å². The standard InChI is InChI=1S/C35H44O9/c1-3-5-7-9-11-17-31(36)41-23-26(44-32(37)18-12-10-8-6-4-2)24-43-35(40)42-22-25-19-20-29-30(21-25)34(39)28-16-14-13-15-27(28)33(29)38/h13-16,19-21,26H,3-12,17-18,22-24H2,1-2H3. The third kappa shape index (κ3) is 10.9. The van der Waals surface area contributed by atoms with Gasteiger partial charge in [-0.25, -0.2) is 4.79 Å². The van der Waals surface area contributed by atoms with E-state index >= 15 is 0 Å². The Morgan fingerprint density at radius 1 is 0.614 bits per heavy atom. The van der Waals surface area contributed by atoms with Gasteiger partial charge < -0.3 is 18.9 Å². The molecular formula is C35H44O9. The summed E-state index contributed by atoms with van der Waals surface area (Å²) in [4.78, 5) is 62.8. The molecule has 9 heteroatoms. The van der Waals surface area contributed by atoms with Crippen LogP contribution in [0.3, 0.4) is 0 Å². The van der Waals surface area contributed by atoms with Gasteiger partial charge in [0.25, 0.3) is 0 Å². The average Bonchev–Trinajstić information content (AvgIpc) is 3.03. The number of ketones is 2. The van der Waals surface area contributed by atoms with E-state index in [2.05, 4.69) is 13.8 Å². The Labute approximate surface area is 259 Å². The van der Waals surface area contributed by atoms with Gasteiger partial charge in [0.05, 0.1) is 0 Å². The first-order valence-electron chi connectivity index (χ1n) is 15.8. The van der Waals surface area contributed by atoms with E-state index in [1.807, 2.05) is 0 Å². The van der Waals surface area contributed by atoms with Crippen molar-refractivity contribution in [2.75, 3.05) is 13.2 Å². The molecule has 0 spiro atoms. The molecule has 0 radical (unpaired) electrons. The lowest BCUT2D eigenvalue weighted by molar-refractivity contribution is -0.162. The molecule has 0 heterocycles. The highest BCUT2D eigenvalue weighted by atomic mass is 16.7. The Hall–Kier alpha value is -4.01. The van der Waals surface area contributed by atoms with Crippen molar-refractivity contribution < 1.29 is 42.9 Å². The first kappa shape index (κ1) is 34.5. The quantitative estimate of drug-likeness (QED) is 0.0784. The number of ether oxygens (including phenoxy) is 4. The van der Waals surface area contributed by atoms with Gasteiger partial charge in [-0.1, -0.05) is 95.5 Å². The second kappa shape index (κ2) is 18.6. The van der Waals surface area contributed by atoms with Crippen LogP contribution in [-0.4, -0.2) is 49.0 Å². The summed E-state index contributed by atoms with van der Waals surface area (Å²) in [6.45, 7) is 3.46. The fraction of sp³-hybridized carbons (Fsp3) is 0.514. The zero-order chi connectivity index (χ0) is 31.7. The van der Waals surface area contributed by atoms with Gasteiger partial charge in [-0.2, -0.15) is 0 Å². The van der Waals surface area contributed by atoms with Crippen molar-refractivity contribution in [2.45, 2.75) is 104 Å². The molecule has 0 saturated heterocycles. The van der Waals surface area contributed by atoms with Crippen LogP contribution >= 0.6 is 0 Å². The van der Waals surface area contributed by atoms with Crippen molar-refractivity contribution in [3.63, 3.8) is 0 Å². The molecule has 1 aliphatic rings. The summed E-state index contributed by atoms with van der Waals surface area (Å²) in [5, 5.41) is 0. The molecule has 1 aliphatic carbocycles. The molecule has 0 bridgehead atoms. The zero-order valence-corrected chi connectivity index (χ0v) is 25.9. The fourth-order valence-electron chi connectivity index (χ4n) is 4.95. The minimum Gasteiger partial charge on any atom is -0.462 e. The molecule has 9 nitrogen and oxygen atoms in total. The summed E-state index contributed by atoms with van der Waals surface area (Å²) in [6.07, 6.45) is 8.32. The molecule has 3 rings (SSSR count). The molecule has 2 aromatic carbocycles. The molecule has 1 unspecified atom stereocenters. The first-order chi connectivity index (χ1) is 21.3. The van der Waals surface area contributed by atoms with E-state index < -0.39 is 24.2 Å². The zero-order valence-electron chi connectivity index (χ0n) is 25.9. The number of rotatable bonds is 19. The minimum atomic E-state index is -1.02.